The van der Waals surface area contributed by atoms with Crippen molar-refractivity contribution in [2.24, 2.45) is 0 Å². The zero-order valence-corrected chi connectivity index (χ0v) is 17.2. The smallest absolute Gasteiger partial charge is 0.433 e. The first kappa shape index (κ1) is 22.3. The van der Waals surface area contributed by atoms with Gasteiger partial charge in [0.1, 0.15) is 5.69 Å². The van der Waals surface area contributed by atoms with Gasteiger partial charge in [0.25, 0.3) is 0 Å². The number of carbonyl (C=O) groups excluding carboxylic acids is 1. The van der Waals surface area contributed by atoms with Gasteiger partial charge in [-0.2, -0.15) is 13.2 Å². The lowest BCUT2D eigenvalue weighted by Crippen LogP contribution is -2.10. The molecule has 0 aliphatic heterocycles. The Balaban J connectivity index is 1.76. The number of carbonyl (C=O) groups is 1. The van der Waals surface area contributed by atoms with Gasteiger partial charge in [0.15, 0.2) is 0 Å². The molecule has 0 radical (unpaired) electrons. The maximum atomic E-state index is 12.9. The van der Waals surface area contributed by atoms with Crippen molar-refractivity contribution in [3.8, 4) is 11.1 Å². The van der Waals surface area contributed by atoms with Crippen LogP contribution in [0.25, 0.3) is 11.1 Å². The van der Waals surface area contributed by atoms with E-state index in [4.69, 9.17) is 4.74 Å². The lowest BCUT2D eigenvalue weighted by atomic mass is 10.00. The lowest BCUT2D eigenvalue weighted by molar-refractivity contribution is -0.143. The van der Waals surface area contributed by atoms with Crippen LogP contribution in [0.15, 0.2) is 54.7 Å². The summed E-state index contributed by atoms with van der Waals surface area (Å²) in [6.45, 7) is 4.04. The highest BCUT2D eigenvalue weighted by Crippen LogP contribution is 2.29. The number of rotatable bonds is 7. The Hall–Kier alpha value is -3.42. The first-order valence-corrected chi connectivity index (χ1v) is 9.78. The van der Waals surface area contributed by atoms with Gasteiger partial charge in [-0.3, -0.25) is 4.79 Å². The predicted molar refractivity (Wildman–Crippen MR) is 112 cm³/mol. The number of nitrogens with one attached hydrogen (secondary N) is 1. The van der Waals surface area contributed by atoms with E-state index < -0.39 is 11.9 Å². The third-order valence-electron chi connectivity index (χ3n) is 4.49. The number of nitrogens with zero attached hydrogens (tertiary/aromatic N) is 2. The molecular formula is C23H22F3N3O2. The van der Waals surface area contributed by atoms with E-state index in [9.17, 15) is 18.0 Å². The van der Waals surface area contributed by atoms with E-state index in [-0.39, 0.29) is 11.9 Å². The number of alkyl halides is 3. The molecule has 0 aliphatic carbocycles. The van der Waals surface area contributed by atoms with Crippen molar-refractivity contribution in [3.05, 3.63) is 71.5 Å². The highest BCUT2D eigenvalue weighted by molar-refractivity contribution is 5.72. The number of aryl methyl sites for hydroxylation is 2. The minimum atomic E-state index is -4.54. The minimum Gasteiger partial charge on any atom is -0.466 e. The topological polar surface area (TPSA) is 64.1 Å². The second kappa shape index (κ2) is 9.59. The van der Waals surface area contributed by atoms with Crippen LogP contribution in [0.1, 0.15) is 30.2 Å². The number of halogens is 3. The standard InChI is InChI=1S/C23H22F3N3O2/c1-3-31-21(30)9-6-16-4-7-17(8-5-16)18-12-15(2)13-19(14-18)28-22-27-11-10-20(29-22)23(24,25)26/h4-5,7-8,10-14H,3,6,9H2,1-2H3,(H,27,28,29). The van der Waals surface area contributed by atoms with Crippen molar-refractivity contribution < 1.29 is 22.7 Å². The lowest BCUT2D eigenvalue weighted by Gasteiger charge is -2.11. The molecule has 3 aromatic rings. The summed E-state index contributed by atoms with van der Waals surface area (Å²) in [7, 11) is 0. The van der Waals surface area contributed by atoms with Crippen LogP contribution in [0.3, 0.4) is 0 Å². The first-order valence-electron chi connectivity index (χ1n) is 9.78. The maximum absolute atomic E-state index is 12.9. The SMILES string of the molecule is CCOC(=O)CCc1ccc(-c2cc(C)cc(Nc3nccc(C(F)(F)F)n3)c2)cc1. The van der Waals surface area contributed by atoms with E-state index in [1.54, 1.807) is 13.0 Å². The fraction of sp³-hybridized carbons (Fsp3) is 0.261. The van der Waals surface area contributed by atoms with Gasteiger partial charge < -0.3 is 10.1 Å². The molecule has 3 rings (SSSR count). The molecule has 162 valence electrons. The van der Waals surface area contributed by atoms with Crippen LogP contribution in [0, 0.1) is 6.92 Å². The first-order chi connectivity index (χ1) is 14.7. The monoisotopic (exact) mass is 429 g/mol. The number of ether oxygens (including phenoxy) is 1. The van der Waals surface area contributed by atoms with E-state index in [2.05, 4.69) is 15.3 Å². The Bertz CT molecular complexity index is 1050. The van der Waals surface area contributed by atoms with E-state index in [0.29, 0.717) is 25.1 Å². The summed E-state index contributed by atoms with van der Waals surface area (Å²) in [5.41, 5.74) is 3.36. The van der Waals surface area contributed by atoms with Gasteiger partial charge in [-0.15, -0.1) is 0 Å². The van der Waals surface area contributed by atoms with Gasteiger partial charge >= 0.3 is 12.1 Å². The van der Waals surface area contributed by atoms with Crippen LogP contribution < -0.4 is 5.32 Å². The molecular weight excluding hydrogens is 407 g/mol. The highest BCUT2D eigenvalue weighted by atomic mass is 19.4. The molecule has 0 atom stereocenters. The molecule has 1 N–H and O–H groups in total. The van der Waals surface area contributed by atoms with Crippen molar-refractivity contribution in [2.75, 3.05) is 11.9 Å². The van der Waals surface area contributed by atoms with Gasteiger partial charge in [-0.1, -0.05) is 30.3 Å². The molecule has 0 saturated carbocycles. The zero-order valence-electron chi connectivity index (χ0n) is 17.2. The third-order valence-corrected chi connectivity index (χ3v) is 4.49. The van der Waals surface area contributed by atoms with Gasteiger partial charge in [0.05, 0.1) is 6.61 Å². The van der Waals surface area contributed by atoms with Crippen LogP contribution in [0.2, 0.25) is 0 Å². The average molecular weight is 429 g/mol. The molecule has 31 heavy (non-hydrogen) atoms. The number of esters is 1. The Morgan fingerprint density at radius 1 is 1.06 bits per heavy atom. The van der Waals surface area contributed by atoms with Crippen molar-refractivity contribution in [1.29, 1.82) is 0 Å². The zero-order chi connectivity index (χ0) is 22.4. The molecule has 0 saturated heterocycles. The molecule has 1 aromatic heterocycles. The summed E-state index contributed by atoms with van der Waals surface area (Å²) in [6.07, 6.45) is -2.55. The normalized spacial score (nSPS) is 11.3. The number of anilines is 2. The summed E-state index contributed by atoms with van der Waals surface area (Å²) >= 11 is 0. The van der Waals surface area contributed by atoms with E-state index in [0.717, 1.165) is 34.5 Å². The van der Waals surface area contributed by atoms with Gasteiger partial charge in [0.2, 0.25) is 5.95 Å². The fourth-order valence-corrected chi connectivity index (χ4v) is 3.07. The van der Waals surface area contributed by atoms with E-state index in [1.807, 2.05) is 43.3 Å². The summed E-state index contributed by atoms with van der Waals surface area (Å²) < 4.78 is 43.6. The third kappa shape index (κ3) is 6.28. The number of benzene rings is 2. The Labute approximate surface area is 178 Å². The number of hydrogen-bond acceptors (Lipinski definition) is 5. The summed E-state index contributed by atoms with van der Waals surface area (Å²) in [4.78, 5) is 18.9. The molecule has 2 aromatic carbocycles. The van der Waals surface area contributed by atoms with Crippen molar-refractivity contribution in [1.82, 2.24) is 9.97 Å². The van der Waals surface area contributed by atoms with Crippen molar-refractivity contribution >= 4 is 17.6 Å². The maximum Gasteiger partial charge on any atom is 0.433 e. The molecule has 0 bridgehead atoms. The number of aromatic nitrogens is 2. The molecule has 0 unspecified atom stereocenters. The Morgan fingerprint density at radius 2 is 1.81 bits per heavy atom. The van der Waals surface area contributed by atoms with Crippen molar-refractivity contribution in [2.45, 2.75) is 32.9 Å². The summed E-state index contributed by atoms with van der Waals surface area (Å²) in [5, 5.41) is 2.85. The molecule has 0 fully saturated rings. The quantitative estimate of drug-likeness (QED) is 0.488. The second-order valence-electron chi connectivity index (χ2n) is 6.98. The highest BCUT2D eigenvalue weighted by Gasteiger charge is 2.32. The minimum absolute atomic E-state index is 0.124. The van der Waals surface area contributed by atoms with Crippen LogP contribution >= 0.6 is 0 Å². The predicted octanol–water partition coefficient (Wildman–Crippen LogP) is 5.71. The molecule has 8 heteroatoms. The Morgan fingerprint density at radius 3 is 2.48 bits per heavy atom. The Kier molecular flexibility index (Phi) is 6.89. The van der Waals surface area contributed by atoms with Crippen LogP contribution in [0.5, 0.6) is 0 Å². The molecule has 0 amide bonds. The average Bonchev–Trinajstić information content (AvgIpc) is 2.72. The van der Waals surface area contributed by atoms with Gasteiger partial charge in [0, 0.05) is 18.3 Å². The fourth-order valence-electron chi connectivity index (χ4n) is 3.07. The number of hydrogen-bond donors (Lipinski definition) is 1. The molecule has 0 aliphatic rings. The summed E-state index contributed by atoms with van der Waals surface area (Å²) in [5.74, 6) is -0.349. The van der Waals surface area contributed by atoms with Crippen molar-refractivity contribution in [3.63, 3.8) is 0 Å². The van der Waals surface area contributed by atoms with E-state index in [1.165, 1.54) is 0 Å². The van der Waals surface area contributed by atoms with E-state index >= 15 is 0 Å². The largest absolute Gasteiger partial charge is 0.466 e. The van der Waals surface area contributed by atoms with Crippen LogP contribution in [0.4, 0.5) is 24.8 Å². The van der Waals surface area contributed by atoms with Gasteiger partial charge in [-0.25, -0.2) is 9.97 Å². The van der Waals surface area contributed by atoms with Crippen LogP contribution in [-0.2, 0) is 22.1 Å². The second-order valence-corrected chi connectivity index (χ2v) is 6.98. The molecule has 5 nitrogen and oxygen atoms in total. The van der Waals surface area contributed by atoms with Gasteiger partial charge in [-0.05, 0) is 60.7 Å². The van der Waals surface area contributed by atoms with Crippen LogP contribution in [-0.4, -0.2) is 22.5 Å². The summed E-state index contributed by atoms with van der Waals surface area (Å²) in [6, 6.07) is 14.2. The molecule has 1 heterocycles. The molecule has 0 spiro atoms.